The molecule has 0 saturated carbocycles. The van der Waals surface area contributed by atoms with Crippen LogP contribution in [0.3, 0.4) is 0 Å². The predicted molar refractivity (Wildman–Crippen MR) is 92.0 cm³/mol. The van der Waals surface area contributed by atoms with Crippen LogP contribution in [0.25, 0.3) is 0 Å². The molecule has 0 amide bonds. The van der Waals surface area contributed by atoms with Gasteiger partial charge in [-0.2, -0.15) is 0 Å². The number of furan rings is 1. The SMILES string of the molecule is COc1cc(CNC(C)c2ccc(C)o2)cc(OC)c1OC.Cl. The molecule has 0 saturated heterocycles. The van der Waals surface area contributed by atoms with Crippen LogP contribution >= 0.6 is 12.4 Å². The van der Waals surface area contributed by atoms with Crippen LogP contribution in [0.2, 0.25) is 0 Å². The Balaban J connectivity index is 0.00000264. The van der Waals surface area contributed by atoms with Gasteiger partial charge in [0.15, 0.2) is 11.5 Å². The summed E-state index contributed by atoms with van der Waals surface area (Å²) >= 11 is 0. The van der Waals surface area contributed by atoms with Crippen molar-refractivity contribution in [3.8, 4) is 17.2 Å². The quantitative estimate of drug-likeness (QED) is 0.828. The van der Waals surface area contributed by atoms with Gasteiger partial charge in [-0.05, 0) is 43.7 Å². The third kappa shape index (κ3) is 4.56. The Morgan fingerprint density at radius 2 is 1.65 bits per heavy atom. The first-order chi connectivity index (χ1) is 10.6. The van der Waals surface area contributed by atoms with E-state index in [9.17, 15) is 0 Å². The normalized spacial score (nSPS) is 11.5. The molecule has 0 spiro atoms. The van der Waals surface area contributed by atoms with Crippen LogP contribution in [-0.2, 0) is 6.54 Å². The number of hydrogen-bond acceptors (Lipinski definition) is 5. The number of methoxy groups -OCH3 is 3. The molecule has 6 heteroatoms. The highest BCUT2D eigenvalue weighted by molar-refractivity contribution is 5.85. The maximum Gasteiger partial charge on any atom is 0.203 e. The number of halogens is 1. The lowest BCUT2D eigenvalue weighted by Crippen LogP contribution is -2.17. The third-order valence-corrected chi connectivity index (χ3v) is 3.52. The molecule has 0 aliphatic heterocycles. The second-order valence-corrected chi connectivity index (χ2v) is 5.08. The van der Waals surface area contributed by atoms with E-state index in [-0.39, 0.29) is 18.4 Å². The van der Waals surface area contributed by atoms with Gasteiger partial charge in [-0.15, -0.1) is 12.4 Å². The van der Waals surface area contributed by atoms with E-state index in [0.717, 1.165) is 17.1 Å². The molecule has 1 aromatic heterocycles. The van der Waals surface area contributed by atoms with Gasteiger partial charge < -0.3 is 23.9 Å². The Morgan fingerprint density at radius 3 is 2.09 bits per heavy atom. The summed E-state index contributed by atoms with van der Waals surface area (Å²) in [5.41, 5.74) is 1.05. The fraction of sp³-hybridized carbons (Fsp3) is 0.412. The molecule has 2 aromatic rings. The minimum Gasteiger partial charge on any atom is -0.493 e. The third-order valence-electron chi connectivity index (χ3n) is 3.52. The lowest BCUT2D eigenvalue weighted by atomic mass is 10.1. The maximum absolute atomic E-state index is 5.63. The topological polar surface area (TPSA) is 52.9 Å². The van der Waals surface area contributed by atoms with Crippen LogP contribution in [0, 0.1) is 6.92 Å². The first kappa shape index (κ1) is 19.2. The fourth-order valence-corrected chi connectivity index (χ4v) is 2.30. The molecule has 2 rings (SSSR count). The van der Waals surface area contributed by atoms with Gasteiger partial charge in [0.2, 0.25) is 5.75 Å². The molecule has 1 N–H and O–H groups in total. The molecule has 0 fully saturated rings. The molecule has 1 heterocycles. The minimum atomic E-state index is 0. The van der Waals surface area contributed by atoms with Gasteiger partial charge >= 0.3 is 0 Å². The van der Waals surface area contributed by atoms with E-state index < -0.39 is 0 Å². The summed E-state index contributed by atoms with van der Waals surface area (Å²) < 4.78 is 21.7. The molecular formula is C17H24ClNO4. The monoisotopic (exact) mass is 341 g/mol. The second kappa shape index (κ2) is 8.70. The van der Waals surface area contributed by atoms with Crippen LogP contribution in [0.4, 0.5) is 0 Å². The van der Waals surface area contributed by atoms with Gasteiger partial charge in [-0.1, -0.05) is 0 Å². The second-order valence-electron chi connectivity index (χ2n) is 5.08. The van der Waals surface area contributed by atoms with Crippen molar-refractivity contribution in [1.29, 1.82) is 0 Å². The van der Waals surface area contributed by atoms with Crippen molar-refractivity contribution >= 4 is 12.4 Å². The Morgan fingerprint density at radius 1 is 1.04 bits per heavy atom. The predicted octanol–water partition coefficient (Wildman–Crippen LogP) is 3.89. The average Bonchev–Trinajstić information content (AvgIpc) is 2.97. The highest BCUT2D eigenvalue weighted by Gasteiger charge is 2.14. The van der Waals surface area contributed by atoms with Crippen molar-refractivity contribution < 1.29 is 18.6 Å². The number of ether oxygens (including phenoxy) is 3. The summed E-state index contributed by atoms with van der Waals surface area (Å²) in [5.74, 6) is 3.74. The number of rotatable bonds is 7. The zero-order valence-electron chi connectivity index (χ0n) is 14.1. The summed E-state index contributed by atoms with van der Waals surface area (Å²) in [5, 5.41) is 3.42. The van der Waals surface area contributed by atoms with E-state index in [0.29, 0.717) is 23.8 Å². The smallest absolute Gasteiger partial charge is 0.203 e. The first-order valence-electron chi connectivity index (χ1n) is 7.17. The Bertz CT molecular complexity index is 602. The van der Waals surface area contributed by atoms with E-state index in [4.69, 9.17) is 18.6 Å². The van der Waals surface area contributed by atoms with Gasteiger partial charge in [-0.25, -0.2) is 0 Å². The molecule has 0 aliphatic carbocycles. The minimum absolute atomic E-state index is 0. The number of hydrogen-bond donors (Lipinski definition) is 1. The zero-order chi connectivity index (χ0) is 16.1. The molecule has 0 aliphatic rings. The zero-order valence-corrected chi connectivity index (χ0v) is 15.0. The molecule has 1 unspecified atom stereocenters. The van der Waals surface area contributed by atoms with Gasteiger partial charge in [0.25, 0.3) is 0 Å². The van der Waals surface area contributed by atoms with Crippen molar-refractivity contribution in [2.24, 2.45) is 0 Å². The lowest BCUT2D eigenvalue weighted by molar-refractivity contribution is 0.323. The Kier molecular flexibility index (Phi) is 7.26. The first-order valence-corrected chi connectivity index (χ1v) is 7.17. The summed E-state index contributed by atoms with van der Waals surface area (Å²) in [6.45, 7) is 4.67. The fourth-order valence-electron chi connectivity index (χ4n) is 2.30. The molecule has 0 bridgehead atoms. The summed E-state index contributed by atoms with van der Waals surface area (Å²) in [4.78, 5) is 0. The van der Waals surface area contributed by atoms with E-state index >= 15 is 0 Å². The van der Waals surface area contributed by atoms with Gasteiger partial charge in [0, 0.05) is 6.54 Å². The van der Waals surface area contributed by atoms with Crippen molar-refractivity contribution in [3.05, 3.63) is 41.3 Å². The van der Waals surface area contributed by atoms with Crippen LogP contribution < -0.4 is 19.5 Å². The largest absolute Gasteiger partial charge is 0.493 e. The van der Waals surface area contributed by atoms with E-state index in [2.05, 4.69) is 12.2 Å². The number of nitrogens with one attached hydrogen (secondary N) is 1. The van der Waals surface area contributed by atoms with E-state index in [1.807, 2.05) is 31.2 Å². The molecule has 23 heavy (non-hydrogen) atoms. The average molecular weight is 342 g/mol. The molecule has 0 radical (unpaired) electrons. The summed E-state index contributed by atoms with van der Waals surface area (Å²) in [6, 6.07) is 7.95. The van der Waals surface area contributed by atoms with Crippen molar-refractivity contribution in [3.63, 3.8) is 0 Å². The molecule has 1 aromatic carbocycles. The van der Waals surface area contributed by atoms with Gasteiger partial charge in [-0.3, -0.25) is 0 Å². The molecule has 1 atom stereocenters. The standard InChI is InChI=1S/C17H23NO4.ClH/c1-11-6-7-14(22-11)12(2)18-10-13-8-15(19-3)17(21-5)16(9-13)20-4;/h6-9,12,18H,10H2,1-5H3;1H. The molecule has 5 nitrogen and oxygen atoms in total. The van der Waals surface area contributed by atoms with E-state index in [1.54, 1.807) is 21.3 Å². The maximum atomic E-state index is 5.63. The van der Waals surface area contributed by atoms with E-state index in [1.165, 1.54) is 0 Å². The summed E-state index contributed by atoms with van der Waals surface area (Å²) in [7, 11) is 4.82. The highest BCUT2D eigenvalue weighted by atomic mass is 35.5. The Hall–Kier alpha value is -1.85. The van der Waals surface area contributed by atoms with Crippen LogP contribution in [0.15, 0.2) is 28.7 Å². The van der Waals surface area contributed by atoms with Gasteiger partial charge in [0.1, 0.15) is 11.5 Å². The van der Waals surface area contributed by atoms with Crippen molar-refractivity contribution in [1.82, 2.24) is 5.32 Å². The van der Waals surface area contributed by atoms with Crippen LogP contribution in [-0.4, -0.2) is 21.3 Å². The van der Waals surface area contributed by atoms with Crippen molar-refractivity contribution in [2.45, 2.75) is 26.4 Å². The van der Waals surface area contributed by atoms with Crippen LogP contribution in [0.5, 0.6) is 17.2 Å². The molecular weight excluding hydrogens is 318 g/mol. The summed E-state index contributed by atoms with van der Waals surface area (Å²) in [6.07, 6.45) is 0. The number of aryl methyl sites for hydroxylation is 1. The Labute approximate surface area is 143 Å². The van der Waals surface area contributed by atoms with Crippen molar-refractivity contribution in [2.75, 3.05) is 21.3 Å². The molecule has 128 valence electrons. The lowest BCUT2D eigenvalue weighted by Gasteiger charge is -2.16. The number of benzene rings is 1. The highest BCUT2D eigenvalue weighted by Crippen LogP contribution is 2.38. The van der Waals surface area contributed by atoms with Gasteiger partial charge in [0.05, 0.1) is 27.4 Å². The van der Waals surface area contributed by atoms with Crippen LogP contribution in [0.1, 0.15) is 30.0 Å².